The Bertz CT molecular complexity index is 556. The zero-order chi connectivity index (χ0) is 13.0. The molecular weight excluding hydrogens is 230 g/mol. The molecule has 5 heteroatoms. The molecule has 2 rings (SSSR count). The Morgan fingerprint density at radius 2 is 1.78 bits per heavy atom. The molecular formula is C13H11N3O2. The molecule has 0 saturated carbocycles. The van der Waals surface area contributed by atoms with Gasteiger partial charge in [-0.25, -0.2) is 0 Å². The van der Waals surface area contributed by atoms with Gasteiger partial charge in [0.2, 0.25) is 0 Å². The maximum atomic E-state index is 10.1. The van der Waals surface area contributed by atoms with Crippen LogP contribution in [0.2, 0.25) is 0 Å². The summed E-state index contributed by atoms with van der Waals surface area (Å²) in [7, 11) is 0. The smallest absolute Gasteiger partial charge is 0.298 e. The summed E-state index contributed by atoms with van der Waals surface area (Å²) in [6.07, 6.45) is 4.88. The predicted molar refractivity (Wildman–Crippen MR) is 69.4 cm³/mol. The third-order valence-electron chi connectivity index (χ3n) is 2.35. The molecule has 0 heterocycles. The highest BCUT2D eigenvalue weighted by molar-refractivity contribution is 6.49. The van der Waals surface area contributed by atoms with Gasteiger partial charge in [-0.3, -0.25) is 15.6 Å². The molecule has 0 radical (unpaired) electrons. The van der Waals surface area contributed by atoms with Crippen LogP contribution in [0.5, 0.6) is 5.75 Å². The summed E-state index contributed by atoms with van der Waals surface area (Å²) in [5.41, 5.74) is 1.90. The molecule has 0 bridgehead atoms. The molecule has 1 aromatic rings. The van der Waals surface area contributed by atoms with Crippen molar-refractivity contribution in [2.24, 2.45) is 0 Å². The van der Waals surface area contributed by atoms with E-state index in [0.29, 0.717) is 12.2 Å². The van der Waals surface area contributed by atoms with Crippen LogP contribution in [-0.4, -0.2) is 17.9 Å². The number of allylic oxidation sites excluding steroid dienone is 3. The van der Waals surface area contributed by atoms with E-state index in [0.717, 1.165) is 11.4 Å². The van der Waals surface area contributed by atoms with Crippen molar-refractivity contribution in [3.8, 4) is 5.75 Å². The average molecular weight is 241 g/mol. The lowest BCUT2D eigenvalue weighted by Crippen LogP contribution is -2.13. The molecule has 5 nitrogen and oxygen atoms in total. The van der Waals surface area contributed by atoms with Gasteiger partial charge >= 0.3 is 0 Å². The van der Waals surface area contributed by atoms with Gasteiger partial charge < -0.3 is 10.1 Å². The van der Waals surface area contributed by atoms with Crippen LogP contribution in [0.1, 0.15) is 0 Å². The highest BCUT2D eigenvalue weighted by atomic mass is 16.5. The number of carbonyl (C=O) groups is 1. The standard InChI is InChI=1S/C13H11N3O2/c14-12-6-3-10(7-13(12)15)16-9-1-4-11(5-2-9)18-8-17/h1-8,14-16H. The molecule has 0 aliphatic heterocycles. The molecule has 0 aromatic heterocycles. The number of carbonyl (C=O) groups excluding carboxylic acids is 1. The minimum atomic E-state index is 0.168. The lowest BCUT2D eigenvalue weighted by atomic mass is 10.1. The van der Waals surface area contributed by atoms with Crippen LogP contribution in [0.3, 0.4) is 0 Å². The maximum Gasteiger partial charge on any atom is 0.298 e. The fourth-order valence-electron chi connectivity index (χ4n) is 1.46. The molecule has 1 aliphatic carbocycles. The lowest BCUT2D eigenvalue weighted by Gasteiger charge is -2.11. The van der Waals surface area contributed by atoms with Crippen molar-refractivity contribution in [2.75, 3.05) is 5.32 Å². The van der Waals surface area contributed by atoms with E-state index in [4.69, 9.17) is 10.8 Å². The first-order chi connectivity index (χ1) is 8.69. The van der Waals surface area contributed by atoms with E-state index >= 15 is 0 Å². The zero-order valence-corrected chi connectivity index (χ0v) is 9.44. The summed E-state index contributed by atoms with van der Waals surface area (Å²) < 4.78 is 4.68. The number of benzene rings is 1. The average Bonchev–Trinajstić information content (AvgIpc) is 2.37. The van der Waals surface area contributed by atoms with Gasteiger partial charge in [0.25, 0.3) is 6.47 Å². The fourth-order valence-corrected chi connectivity index (χ4v) is 1.46. The van der Waals surface area contributed by atoms with Crippen molar-refractivity contribution in [3.63, 3.8) is 0 Å². The van der Waals surface area contributed by atoms with E-state index in [2.05, 4.69) is 10.1 Å². The number of hydrogen-bond donors (Lipinski definition) is 3. The van der Waals surface area contributed by atoms with Crippen molar-refractivity contribution < 1.29 is 9.53 Å². The Hall–Kier alpha value is -2.69. The quantitative estimate of drug-likeness (QED) is 0.557. The molecule has 0 amide bonds. The Morgan fingerprint density at radius 1 is 1.06 bits per heavy atom. The summed E-state index contributed by atoms with van der Waals surface area (Å²) in [5, 5.41) is 18.0. The van der Waals surface area contributed by atoms with Crippen molar-refractivity contribution in [1.82, 2.24) is 0 Å². The third kappa shape index (κ3) is 2.70. The molecule has 90 valence electrons. The molecule has 0 unspecified atom stereocenters. The van der Waals surface area contributed by atoms with E-state index in [9.17, 15) is 4.79 Å². The number of nitrogens with one attached hydrogen (secondary N) is 3. The first-order valence-corrected chi connectivity index (χ1v) is 5.23. The van der Waals surface area contributed by atoms with Crippen LogP contribution in [0, 0.1) is 10.8 Å². The van der Waals surface area contributed by atoms with Crippen molar-refractivity contribution >= 4 is 23.6 Å². The number of rotatable bonds is 4. The molecule has 0 fully saturated rings. The van der Waals surface area contributed by atoms with Crippen molar-refractivity contribution in [2.45, 2.75) is 0 Å². The predicted octanol–water partition coefficient (Wildman–Crippen LogP) is 2.13. The SMILES string of the molecule is N=C1C=CC(Nc2ccc(OC=O)cc2)=CC1=N. The minimum absolute atomic E-state index is 0.168. The summed E-state index contributed by atoms with van der Waals surface area (Å²) in [4.78, 5) is 10.1. The van der Waals surface area contributed by atoms with E-state index in [-0.39, 0.29) is 11.4 Å². The van der Waals surface area contributed by atoms with Crippen LogP contribution in [0.4, 0.5) is 5.69 Å². The summed E-state index contributed by atoms with van der Waals surface area (Å²) in [5.74, 6) is 0.471. The van der Waals surface area contributed by atoms with Gasteiger partial charge in [0.1, 0.15) is 5.75 Å². The first-order valence-electron chi connectivity index (χ1n) is 5.23. The van der Waals surface area contributed by atoms with Gasteiger partial charge in [-0.15, -0.1) is 0 Å². The van der Waals surface area contributed by atoms with E-state index in [1.165, 1.54) is 0 Å². The Balaban J connectivity index is 2.08. The third-order valence-corrected chi connectivity index (χ3v) is 2.35. The second kappa shape index (κ2) is 5.09. The van der Waals surface area contributed by atoms with Gasteiger partial charge in [0.05, 0.1) is 11.4 Å². The van der Waals surface area contributed by atoms with Gasteiger partial charge in [-0.1, -0.05) is 0 Å². The topological polar surface area (TPSA) is 86.0 Å². The highest BCUT2D eigenvalue weighted by Gasteiger charge is 2.06. The van der Waals surface area contributed by atoms with Gasteiger partial charge in [0, 0.05) is 11.4 Å². The highest BCUT2D eigenvalue weighted by Crippen LogP contribution is 2.17. The fraction of sp³-hybridized carbons (Fsp3) is 0. The molecule has 18 heavy (non-hydrogen) atoms. The molecule has 3 N–H and O–H groups in total. The van der Waals surface area contributed by atoms with Crippen LogP contribution < -0.4 is 10.1 Å². The van der Waals surface area contributed by atoms with Crippen LogP contribution in [0.25, 0.3) is 0 Å². The summed E-state index contributed by atoms with van der Waals surface area (Å²) >= 11 is 0. The second-order valence-corrected chi connectivity index (χ2v) is 3.62. The Labute approximate surface area is 104 Å². The van der Waals surface area contributed by atoms with Crippen LogP contribution >= 0.6 is 0 Å². The van der Waals surface area contributed by atoms with Crippen molar-refractivity contribution in [1.29, 1.82) is 10.8 Å². The molecule has 1 aromatic carbocycles. The van der Waals surface area contributed by atoms with E-state index in [1.807, 2.05) is 0 Å². The Morgan fingerprint density at radius 3 is 2.39 bits per heavy atom. The second-order valence-electron chi connectivity index (χ2n) is 3.62. The number of ether oxygens (including phenoxy) is 1. The minimum Gasteiger partial charge on any atom is -0.429 e. The van der Waals surface area contributed by atoms with Crippen molar-refractivity contribution in [3.05, 3.63) is 48.2 Å². The zero-order valence-electron chi connectivity index (χ0n) is 9.44. The van der Waals surface area contributed by atoms with Crippen LogP contribution in [-0.2, 0) is 4.79 Å². The van der Waals surface area contributed by atoms with Gasteiger partial charge in [-0.2, -0.15) is 0 Å². The summed E-state index contributed by atoms with van der Waals surface area (Å²) in [6.45, 7) is 0.377. The van der Waals surface area contributed by atoms with E-state index in [1.54, 1.807) is 42.5 Å². The number of anilines is 1. The molecule has 1 aliphatic rings. The largest absolute Gasteiger partial charge is 0.429 e. The normalized spacial score (nSPS) is 14.1. The van der Waals surface area contributed by atoms with Gasteiger partial charge in [-0.05, 0) is 42.5 Å². The lowest BCUT2D eigenvalue weighted by molar-refractivity contribution is -0.120. The first kappa shape index (κ1) is 11.8. The molecule has 0 spiro atoms. The van der Waals surface area contributed by atoms with Gasteiger partial charge in [0.15, 0.2) is 0 Å². The monoisotopic (exact) mass is 241 g/mol. The van der Waals surface area contributed by atoms with Crippen LogP contribution in [0.15, 0.2) is 48.2 Å². The summed E-state index contributed by atoms with van der Waals surface area (Å²) in [6, 6.07) is 6.85. The Kier molecular flexibility index (Phi) is 3.33. The maximum absolute atomic E-state index is 10.1. The molecule has 0 saturated heterocycles. The number of hydrogen-bond acceptors (Lipinski definition) is 5. The molecule has 0 atom stereocenters. The van der Waals surface area contributed by atoms with E-state index < -0.39 is 0 Å².